The largest absolute Gasteiger partial charge is 0.388 e. The first kappa shape index (κ1) is 8.92. The zero-order valence-electron chi connectivity index (χ0n) is 6.68. The number of likely N-dealkylation sites (tertiary alicyclic amines) is 1. The maximum atomic E-state index is 4.25. The Labute approximate surface area is 57.8 Å². The van der Waals surface area contributed by atoms with Crippen LogP contribution in [0.3, 0.4) is 0 Å². The number of hydrogen-bond acceptors (Lipinski definition) is 2. The third kappa shape index (κ3) is 5.80. The van der Waals surface area contributed by atoms with Gasteiger partial charge in [0.05, 0.1) is 0 Å². The lowest BCUT2D eigenvalue weighted by Crippen LogP contribution is -2.10. The monoisotopic (exact) mass is 131 g/mol. The lowest BCUT2D eigenvalue weighted by Gasteiger charge is -2.01. The quantitative estimate of drug-likeness (QED) is 0.486. The van der Waals surface area contributed by atoms with Crippen molar-refractivity contribution in [3.63, 3.8) is 0 Å². The van der Waals surface area contributed by atoms with Crippen LogP contribution in [0.5, 0.6) is 0 Å². The average molecular weight is 131 g/mol. The van der Waals surface area contributed by atoms with Gasteiger partial charge in [-0.1, -0.05) is 0 Å². The Morgan fingerprint density at radius 3 is 1.56 bits per heavy atom. The molecule has 1 heterocycles. The second kappa shape index (κ2) is 6.05. The molecule has 1 fully saturated rings. The Morgan fingerprint density at radius 1 is 1.11 bits per heavy atom. The SMILES string of the molecule is CN1CCCC1.COC. The Balaban J connectivity index is 0.000000187. The Bertz CT molecular complexity index is 50.9. The van der Waals surface area contributed by atoms with Crippen LogP contribution in [0.25, 0.3) is 0 Å². The number of methoxy groups -OCH3 is 1. The summed E-state index contributed by atoms with van der Waals surface area (Å²) in [5.41, 5.74) is 0. The summed E-state index contributed by atoms with van der Waals surface area (Å²) < 4.78 is 4.25. The van der Waals surface area contributed by atoms with Gasteiger partial charge in [0.1, 0.15) is 0 Å². The summed E-state index contributed by atoms with van der Waals surface area (Å²) in [4.78, 5) is 2.36. The van der Waals surface area contributed by atoms with Crippen LogP contribution in [0.15, 0.2) is 0 Å². The van der Waals surface area contributed by atoms with E-state index in [2.05, 4.69) is 16.7 Å². The minimum atomic E-state index is 1.32. The normalized spacial score (nSPS) is 19.0. The molecule has 0 saturated carbocycles. The minimum Gasteiger partial charge on any atom is -0.388 e. The number of hydrogen-bond donors (Lipinski definition) is 0. The molecule has 1 aliphatic heterocycles. The summed E-state index contributed by atoms with van der Waals surface area (Å²) in [6.45, 7) is 2.64. The first-order valence-electron chi connectivity index (χ1n) is 3.40. The van der Waals surface area contributed by atoms with Crippen LogP contribution in [-0.2, 0) is 4.74 Å². The third-order valence-corrected chi connectivity index (χ3v) is 1.33. The van der Waals surface area contributed by atoms with Crippen molar-refractivity contribution in [3.05, 3.63) is 0 Å². The summed E-state index contributed by atoms with van der Waals surface area (Å²) in [7, 11) is 5.42. The second-order valence-electron chi connectivity index (χ2n) is 2.42. The van der Waals surface area contributed by atoms with Crippen LogP contribution in [0.1, 0.15) is 12.8 Å². The maximum absolute atomic E-state index is 4.25. The van der Waals surface area contributed by atoms with Crippen LogP contribution in [0, 0.1) is 0 Å². The van der Waals surface area contributed by atoms with Crippen LogP contribution < -0.4 is 0 Å². The smallest absolute Gasteiger partial charge is 0.0351 e. The number of ether oxygens (including phenoxy) is 1. The van der Waals surface area contributed by atoms with E-state index in [1.165, 1.54) is 25.9 Å². The molecule has 9 heavy (non-hydrogen) atoms. The molecule has 0 aliphatic carbocycles. The molecular formula is C7H17NO. The number of rotatable bonds is 0. The molecule has 2 heteroatoms. The van der Waals surface area contributed by atoms with Crippen LogP contribution >= 0.6 is 0 Å². The lowest BCUT2D eigenvalue weighted by molar-refractivity contribution is 0.277. The van der Waals surface area contributed by atoms with E-state index in [0.717, 1.165) is 0 Å². The maximum Gasteiger partial charge on any atom is 0.0351 e. The molecule has 0 N–H and O–H groups in total. The molecule has 0 unspecified atom stereocenters. The molecule has 0 radical (unpaired) electrons. The van der Waals surface area contributed by atoms with Gasteiger partial charge in [-0.25, -0.2) is 0 Å². The first-order chi connectivity index (χ1) is 4.31. The molecule has 0 aromatic carbocycles. The van der Waals surface area contributed by atoms with Crippen molar-refractivity contribution in [1.82, 2.24) is 4.90 Å². The van der Waals surface area contributed by atoms with Gasteiger partial charge < -0.3 is 9.64 Å². The van der Waals surface area contributed by atoms with Gasteiger partial charge in [-0.2, -0.15) is 0 Å². The Kier molecular flexibility index (Phi) is 5.99. The zero-order valence-corrected chi connectivity index (χ0v) is 6.68. The van der Waals surface area contributed by atoms with E-state index in [-0.39, 0.29) is 0 Å². The van der Waals surface area contributed by atoms with Crippen molar-refractivity contribution >= 4 is 0 Å². The fraction of sp³-hybridized carbons (Fsp3) is 1.00. The predicted molar refractivity (Wildman–Crippen MR) is 39.7 cm³/mol. The van der Waals surface area contributed by atoms with E-state index in [9.17, 15) is 0 Å². The highest BCUT2D eigenvalue weighted by Crippen LogP contribution is 2.01. The zero-order chi connectivity index (χ0) is 7.11. The Morgan fingerprint density at radius 2 is 1.44 bits per heavy atom. The molecule has 1 aliphatic rings. The average Bonchev–Trinajstić information content (AvgIpc) is 2.20. The van der Waals surface area contributed by atoms with Gasteiger partial charge in [-0.05, 0) is 33.0 Å². The topological polar surface area (TPSA) is 12.5 Å². The van der Waals surface area contributed by atoms with Crippen molar-refractivity contribution in [2.45, 2.75) is 12.8 Å². The van der Waals surface area contributed by atoms with Crippen molar-refractivity contribution in [2.75, 3.05) is 34.4 Å². The fourth-order valence-corrected chi connectivity index (χ4v) is 0.875. The van der Waals surface area contributed by atoms with Crippen molar-refractivity contribution in [1.29, 1.82) is 0 Å². The van der Waals surface area contributed by atoms with Gasteiger partial charge in [0.25, 0.3) is 0 Å². The molecular weight excluding hydrogens is 114 g/mol. The van der Waals surface area contributed by atoms with Gasteiger partial charge in [-0.3, -0.25) is 0 Å². The minimum absolute atomic E-state index is 1.32. The van der Waals surface area contributed by atoms with E-state index >= 15 is 0 Å². The molecule has 0 aromatic rings. The molecule has 0 amide bonds. The van der Waals surface area contributed by atoms with Gasteiger partial charge in [0.2, 0.25) is 0 Å². The number of nitrogens with zero attached hydrogens (tertiary/aromatic N) is 1. The molecule has 2 nitrogen and oxygen atoms in total. The van der Waals surface area contributed by atoms with Crippen molar-refractivity contribution in [2.24, 2.45) is 0 Å². The van der Waals surface area contributed by atoms with E-state index in [1.54, 1.807) is 14.2 Å². The molecule has 56 valence electrons. The lowest BCUT2D eigenvalue weighted by atomic mass is 10.4. The van der Waals surface area contributed by atoms with Crippen LogP contribution in [-0.4, -0.2) is 39.3 Å². The van der Waals surface area contributed by atoms with E-state index in [4.69, 9.17) is 0 Å². The fourth-order valence-electron chi connectivity index (χ4n) is 0.875. The van der Waals surface area contributed by atoms with Gasteiger partial charge in [-0.15, -0.1) is 0 Å². The highest BCUT2D eigenvalue weighted by Gasteiger charge is 2.03. The highest BCUT2D eigenvalue weighted by atomic mass is 16.4. The molecule has 0 spiro atoms. The van der Waals surface area contributed by atoms with Gasteiger partial charge in [0, 0.05) is 14.2 Å². The van der Waals surface area contributed by atoms with Crippen molar-refractivity contribution in [3.8, 4) is 0 Å². The highest BCUT2D eigenvalue weighted by molar-refractivity contribution is 4.59. The van der Waals surface area contributed by atoms with Crippen LogP contribution in [0.4, 0.5) is 0 Å². The standard InChI is InChI=1S/C5H11N.C2H6O/c1-6-4-2-3-5-6;1-3-2/h2-5H2,1H3;1-2H3. The second-order valence-corrected chi connectivity index (χ2v) is 2.42. The van der Waals surface area contributed by atoms with Gasteiger partial charge in [0.15, 0.2) is 0 Å². The molecule has 1 saturated heterocycles. The molecule has 0 bridgehead atoms. The van der Waals surface area contributed by atoms with Crippen LogP contribution in [0.2, 0.25) is 0 Å². The van der Waals surface area contributed by atoms with E-state index in [0.29, 0.717) is 0 Å². The molecule has 1 rings (SSSR count). The summed E-state index contributed by atoms with van der Waals surface area (Å²) in [5.74, 6) is 0. The summed E-state index contributed by atoms with van der Waals surface area (Å²) >= 11 is 0. The summed E-state index contributed by atoms with van der Waals surface area (Å²) in [6.07, 6.45) is 2.83. The van der Waals surface area contributed by atoms with Gasteiger partial charge >= 0.3 is 0 Å². The molecule has 0 aromatic heterocycles. The summed E-state index contributed by atoms with van der Waals surface area (Å²) in [5, 5.41) is 0. The first-order valence-corrected chi connectivity index (χ1v) is 3.40. The van der Waals surface area contributed by atoms with Crippen molar-refractivity contribution < 1.29 is 4.74 Å². The summed E-state index contributed by atoms with van der Waals surface area (Å²) in [6, 6.07) is 0. The van der Waals surface area contributed by atoms with E-state index in [1.807, 2.05) is 0 Å². The van der Waals surface area contributed by atoms with E-state index < -0.39 is 0 Å². The molecule has 0 atom stereocenters. The Hall–Kier alpha value is -0.0800. The predicted octanol–water partition coefficient (Wildman–Crippen LogP) is 0.975. The third-order valence-electron chi connectivity index (χ3n) is 1.33.